The van der Waals surface area contributed by atoms with Crippen molar-refractivity contribution in [2.75, 3.05) is 24.3 Å². The fourth-order valence-electron chi connectivity index (χ4n) is 3.41. The van der Waals surface area contributed by atoms with Crippen LogP contribution in [0.4, 0.5) is 5.69 Å². The maximum Gasteiger partial charge on any atom is 0.234 e. The minimum absolute atomic E-state index is 0.149. The summed E-state index contributed by atoms with van der Waals surface area (Å²) in [5, 5.41) is 12.9. The number of halogens is 1. The molecule has 180 valence electrons. The predicted octanol–water partition coefficient (Wildman–Crippen LogP) is 6.12. The molecule has 0 unspecified atom stereocenters. The second-order valence-electron chi connectivity index (χ2n) is 7.34. The molecule has 0 atom stereocenters. The molecule has 1 heterocycles. The minimum Gasteiger partial charge on any atom is -0.494 e. The Bertz CT molecular complexity index is 1280. The van der Waals surface area contributed by atoms with Gasteiger partial charge in [0, 0.05) is 16.3 Å². The van der Waals surface area contributed by atoms with Gasteiger partial charge in [0.1, 0.15) is 11.5 Å². The zero-order valence-electron chi connectivity index (χ0n) is 19.4. The Morgan fingerprint density at radius 2 is 1.66 bits per heavy atom. The third kappa shape index (κ3) is 6.15. The third-order valence-corrected chi connectivity index (χ3v) is 6.12. The number of carbonyl (C=O) groups is 1. The molecule has 4 rings (SSSR count). The minimum atomic E-state index is -0.170. The molecule has 0 saturated carbocycles. The van der Waals surface area contributed by atoms with Crippen LogP contribution in [0.15, 0.2) is 78.0 Å². The van der Waals surface area contributed by atoms with Gasteiger partial charge < -0.3 is 14.8 Å². The molecule has 1 N–H and O–H groups in total. The number of aromatic nitrogens is 3. The molecular formula is C26H25ClN4O3S. The van der Waals surface area contributed by atoms with Crippen molar-refractivity contribution < 1.29 is 14.3 Å². The first-order valence-electron chi connectivity index (χ1n) is 11.2. The number of carbonyl (C=O) groups excluding carboxylic acids is 1. The van der Waals surface area contributed by atoms with E-state index in [1.165, 1.54) is 11.8 Å². The second kappa shape index (κ2) is 11.8. The number of nitrogens with one attached hydrogen (secondary N) is 1. The van der Waals surface area contributed by atoms with Crippen LogP contribution < -0.4 is 14.8 Å². The van der Waals surface area contributed by atoms with Crippen molar-refractivity contribution in [1.82, 2.24) is 14.8 Å². The van der Waals surface area contributed by atoms with Crippen molar-refractivity contribution in [3.05, 3.63) is 77.8 Å². The van der Waals surface area contributed by atoms with Crippen LogP contribution in [0, 0.1) is 0 Å². The lowest BCUT2D eigenvalue weighted by Crippen LogP contribution is -2.15. The van der Waals surface area contributed by atoms with Gasteiger partial charge >= 0.3 is 0 Å². The fourth-order valence-corrected chi connectivity index (χ4v) is 4.29. The van der Waals surface area contributed by atoms with Gasteiger partial charge in [-0.2, -0.15) is 0 Å². The maximum atomic E-state index is 12.7. The fraction of sp³-hybridized carbons (Fsp3) is 0.192. The van der Waals surface area contributed by atoms with Gasteiger partial charge in [0.05, 0.1) is 24.7 Å². The van der Waals surface area contributed by atoms with Crippen LogP contribution in [0.5, 0.6) is 11.5 Å². The molecule has 1 aromatic heterocycles. The highest BCUT2D eigenvalue weighted by Gasteiger charge is 2.18. The van der Waals surface area contributed by atoms with Crippen LogP contribution in [0.3, 0.4) is 0 Å². The Labute approximate surface area is 213 Å². The number of rotatable bonds is 10. The van der Waals surface area contributed by atoms with Crippen LogP contribution in [0.2, 0.25) is 5.02 Å². The van der Waals surface area contributed by atoms with Gasteiger partial charge in [0.2, 0.25) is 5.91 Å². The van der Waals surface area contributed by atoms with E-state index >= 15 is 0 Å². The van der Waals surface area contributed by atoms with Crippen LogP contribution in [0.25, 0.3) is 17.1 Å². The van der Waals surface area contributed by atoms with Crippen molar-refractivity contribution in [2.24, 2.45) is 0 Å². The first kappa shape index (κ1) is 24.6. The van der Waals surface area contributed by atoms with E-state index in [1.807, 2.05) is 91.2 Å². The summed E-state index contributed by atoms with van der Waals surface area (Å²) < 4.78 is 13.1. The summed E-state index contributed by atoms with van der Waals surface area (Å²) in [5.74, 6) is 2.04. The van der Waals surface area contributed by atoms with Gasteiger partial charge in [-0.05, 0) is 74.5 Å². The average molecular weight is 509 g/mol. The Hall–Kier alpha value is -3.49. The second-order valence-corrected chi connectivity index (χ2v) is 8.72. The third-order valence-electron chi connectivity index (χ3n) is 4.94. The van der Waals surface area contributed by atoms with Crippen LogP contribution >= 0.6 is 23.4 Å². The number of hydrogen-bond donors (Lipinski definition) is 1. The molecule has 0 saturated heterocycles. The Balaban J connectivity index is 1.58. The Morgan fingerprint density at radius 1 is 0.943 bits per heavy atom. The van der Waals surface area contributed by atoms with Crippen molar-refractivity contribution in [3.63, 3.8) is 0 Å². The molecule has 0 fully saturated rings. The van der Waals surface area contributed by atoms with Crippen LogP contribution in [-0.4, -0.2) is 39.6 Å². The maximum absolute atomic E-state index is 12.7. The van der Waals surface area contributed by atoms with Gasteiger partial charge in [0.15, 0.2) is 11.0 Å². The summed E-state index contributed by atoms with van der Waals surface area (Å²) >= 11 is 7.38. The summed E-state index contributed by atoms with van der Waals surface area (Å²) in [6.45, 7) is 4.95. The monoisotopic (exact) mass is 508 g/mol. The summed E-state index contributed by atoms with van der Waals surface area (Å²) in [6, 6.07) is 22.4. The van der Waals surface area contributed by atoms with E-state index in [-0.39, 0.29) is 11.7 Å². The van der Waals surface area contributed by atoms with Crippen LogP contribution in [-0.2, 0) is 4.79 Å². The Kier molecular flexibility index (Phi) is 8.28. The molecule has 0 aliphatic rings. The summed E-state index contributed by atoms with van der Waals surface area (Å²) in [5.41, 5.74) is 2.35. The first-order valence-corrected chi connectivity index (χ1v) is 12.5. The number of hydrogen-bond acceptors (Lipinski definition) is 6. The predicted molar refractivity (Wildman–Crippen MR) is 140 cm³/mol. The molecular weight excluding hydrogens is 484 g/mol. The lowest BCUT2D eigenvalue weighted by Gasteiger charge is -2.12. The topological polar surface area (TPSA) is 78.3 Å². The van der Waals surface area contributed by atoms with Gasteiger partial charge in [-0.15, -0.1) is 10.2 Å². The highest BCUT2D eigenvalue weighted by Crippen LogP contribution is 2.30. The van der Waals surface area contributed by atoms with E-state index < -0.39 is 0 Å². The van der Waals surface area contributed by atoms with E-state index in [1.54, 1.807) is 0 Å². The zero-order chi connectivity index (χ0) is 24.6. The number of thioether (sulfide) groups is 1. The van der Waals surface area contributed by atoms with Gasteiger partial charge in [-0.1, -0.05) is 35.5 Å². The van der Waals surface area contributed by atoms with Crippen molar-refractivity contribution in [1.29, 1.82) is 0 Å². The summed E-state index contributed by atoms with van der Waals surface area (Å²) in [4.78, 5) is 12.7. The van der Waals surface area contributed by atoms with Gasteiger partial charge in [0.25, 0.3) is 0 Å². The smallest absolute Gasteiger partial charge is 0.234 e. The number of anilines is 1. The van der Waals surface area contributed by atoms with E-state index in [4.69, 9.17) is 21.1 Å². The van der Waals surface area contributed by atoms with Crippen molar-refractivity contribution in [3.8, 4) is 28.6 Å². The highest BCUT2D eigenvalue weighted by molar-refractivity contribution is 7.99. The molecule has 35 heavy (non-hydrogen) atoms. The van der Waals surface area contributed by atoms with Gasteiger partial charge in [-0.25, -0.2) is 0 Å². The van der Waals surface area contributed by atoms with E-state index in [0.29, 0.717) is 40.7 Å². The van der Waals surface area contributed by atoms with Gasteiger partial charge in [-0.3, -0.25) is 9.36 Å². The van der Waals surface area contributed by atoms with Crippen molar-refractivity contribution >= 4 is 35.0 Å². The van der Waals surface area contributed by atoms with E-state index in [0.717, 1.165) is 17.0 Å². The number of para-hydroxylation sites is 2. The van der Waals surface area contributed by atoms with E-state index in [9.17, 15) is 4.79 Å². The summed E-state index contributed by atoms with van der Waals surface area (Å²) in [6.07, 6.45) is 0. The molecule has 0 aliphatic heterocycles. The molecule has 0 spiro atoms. The highest BCUT2D eigenvalue weighted by atomic mass is 35.5. The molecule has 1 amide bonds. The number of benzene rings is 3. The number of nitrogens with zero attached hydrogens (tertiary/aromatic N) is 3. The molecule has 9 heteroatoms. The molecule has 4 aromatic rings. The largest absolute Gasteiger partial charge is 0.494 e. The number of ether oxygens (including phenoxy) is 2. The normalized spacial score (nSPS) is 10.7. The molecule has 7 nitrogen and oxygen atoms in total. The SMILES string of the molecule is CCOc1ccc(-n2c(SCC(=O)Nc3ccccc3OCC)nnc2-c2ccc(Cl)cc2)cc1. The zero-order valence-corrected chi connectivity index (χ0v) is 21.0. The lowest BCUT2D eigenvalue weighted by atomic mass is 10.2. The molecule has 0 bridgehead atoms. The quantitative estimate of drug-likeness (QED) is 0.260. The molecule has 3 aromatic carbocycles. The number of amides is 1. The average Bonchev–Trinajstić information content (AvgIpc) is 3.29. The lowest BCUT2D eigenvalue weighted by molar-refractivity contribution is -0.113. The molecule has 0 aliphatic carbocycles. The van der Waals surface area contributed by atoms with E-state index in [2.05, 4.69) is 15.5 Å². The summed E-state index contributed by atoms with van der Waals surface area (Å²) in [7, 11) is 0. The Morgan fingerprint density at radius 3 is 2.37 bits per heavy atom. The standard InChI is InChI=1S/C26H25ClN4O3S/c1-3-33-21-15-13-20(14-16-21)31-25(18-9-11-19(27)12-10-18)29-30-26(31)35-17-24(32)28-22-7-5-6-8-23(22)34-4-2/h5-16H,3-4,17H2,1-2H3,(H,28,32). The van der Waals surface area contributed by atoms with Crippen LogP contribution in [0.1, 0.15) is 13.8 Å². The first-order chi connectivity index (χ1) is 17.1. The molecule has 0 radical (unpaired) electrons. The van der Waals surface area contributed by atoms with Crippen molar-refractivity contribution in [2.45, 2.75) is 19.0 Å².